The second-order valence-electron chi connectivity index (χ2n) is 3.62. The Bertz CT molecular complexity index is 554. The summed E-state index contributed by atoms with van der Waals surface area (Å²) in [5, 5.41) is 0. The smallest absolute Gasteiger partial charge is 0.211 e. The third-order valence-electron chi connectivity index (χ3n) is 2.37. The number of carbonyl (C=O) groups excluding carboxylic acids is 1. The predicted molar refractivity (Wildman–Crippen MR) is 64.4 cm³/mol. The number of nitrogens with zero attached hydrogens (tertiary/aromatic N) is 1. The van der Waals surface area contributed by atoms with E-state index in [-0.39, 0.29) is 0 Å². The van der Waals surface area contributed by atoms with Crippen LogP contribution in [0.5, 0.6) is 0 Å². The van der Waals surface area contributed by atoms with Crippen LogP contribution in [0, 0.1) is 6.92 Å². The van der Waals surface area contributed by atoms with Gasteiger partial charge in [0.05, 0.1) is 5.69 Å². The molecule has 0 aliphatic carbocycles. The van der Waals surface area contributed by atoms with Crippen molar-refractivity contribution in [1.29, 1.82) is 0 Å². The van der Waals surface area contributed by atoms with Gasteiger partial charge in [0.15, 0.2) is 0 Å². The van der Waals surface area contributed by atoms with Gasteiger partial charge >= 0.3 is 0 Å². The normalized spacial score (nSPS) is 9.56. The van der Waals surface area contributed by atoms with E-state index in [0.29, 0.717) is 5.69 Å². The van der Waals surface area contributed by atoms with Crippen LogP contribution in [0.1, 0.15) is 5.56 Å². The van der Waals surface area contributed by atoms with Gasteiger partial charge < -0.3 is 0 Å². The lowest BCUT2D eigenvalue weighted by atomic mass is 10.0. The van der Waals surface area contributed by atoms with Gasteiger partial charge in [-0.3, -0.25) is 0 Å². The SMILES string of the molecule is Cc1cccc(-c2cccc(N=C=O)c2)c1. The molecular formula is C14H11NO. The van der Waals surface area contributed by atoms with Crippen LogP contribution in [0.3, 0.4) is 0 Å². The van der Waals surface area contributed by atoms with E-state index in [2.05, 4.69) is 24.0 Å². The molecule has 0 aliphatic rings. The molecule has 0 aromatic heterocycles. The molecule has 2 heteroatoms. The fourth-order valence-corrected chi connectivity index (χ4v) is 1.63. The summed E-state index contributed by atoms with van der Waals surface area (Å²) in [6, 6.07) is 15.7. The van der Waals surface area contributed by atoms with Crippen molar-refractivity contribution in [2.24, 2.45) is 4.99 Å². The molecule has 0 bridgehead atoms. The van der Waals surface area contributed by atoms with Gasteiger partial charge in [-0.05, 0) is 30.2 Å². The van der Waals surface area contributed by atoms with Gasteiger partial charge in [-0.15, -0.1) is 0 Å². The molecule has 78 valence electrons. The summed E-state index contributed by atoms with van der Waals surface area (Å²) in [5.74, 6) is 0. The Morgan fingerprint density at radius 2 is 1.69 bits per heavy atom. The molecular weight excluding hydrogens is 198 g/mol. The van der Waals surface area contributed by atoms with Crippen molar-refractivity contribution in [2.45, 2.75) is 6.92 Å². The Labute approximate surface area is 94.3 Å². The summed E-state index contributed by atoms with van der Waals surface area (Å²) in [5.41, 5.74) is 4.03. The van der Waals surface area contributed by atoms with Crippen molar-refractivity contribution in [3.05, 3.63) is 54.1 Å². The maximum absolute atomic E-state index is 10.2. The van der Waals surface area contributed by atoms with Crippen molar-refractivity contribution >= 4 is 11.8 Å². The Morgan fingerprint density at radius 1 is 1.00 bits per heavy atom. The highest BCUT2D eigenvalue weighted by atomic mass is 16.1. The molecule has 0 amide bonds. The summed E-state index contributed by atoms with van der Waals surface area (Å²) in [6.07, 6.45) is 1.55. The first-order chi connectivity index (χ1) is 7.79. The standard InChI is InChI=1S/C14H11NO/c1-11-4-2-5-12(8-11)13-6-3-7-14(9-13)15-10-16/h2-9H,1H3. The molecule has 2 rings (SSSR count). The zero-order valence-electron chi connectivity index (χ0n) is 8.97. The fraction of sp³-hybridized carbons (Fsp3) is 0.0714. The van der Waals surface area contributed by atoms with Crippen LogP contribution in [0.25, 0.3) is 11.1 Å². The lowest BCUT2D eigenvalue weighted by molar-refractivity contribution is 0.565. The summed E-state index contributed by atoms with van der Waals surface area (Å²) in [6.45, 7) is 2.05. The number of benzene rings is 2. The molecule has 2 aromatic rings. The van der Waals surface area contributed by atoms with E-state index in [4.69, 9.17) is 0 Å². The van der Waals surface area contributed by atoms with Gasteiger partial charge in [-0.2, -0.15) is 4.99 Å². The molecule has 0 atom stereocenters. The van der Waals surface area contributed by atoms with Gasteiger partial charge in [0.1, 0.15) is 0 Å². The Morgan fingerprint density at radius 3 is 2.38 bits per heavy atom. The van der Waals surface area contributed by atoms with Crippen LogP contribution < -0.4 is 0 Å². The summed E-state index contributed by atoms with van der Waals surface area (Å²) < 4.78 is 0. The predicted octanol–water partition coefficient (Wildman–Crippen LogP) is 3.63. The van der Waals surface area contributed by atoms with Crippen LogP contribution in [0.4, 0.5) is 5.69 Å². The molecule has 0 spiro atoms. The third kappa shape index (κ3) is 2.25. The molecule has 0 aliphatic heterocycles. The lowest BCUT2D eigenvalue weighted by Crippen LogP contribution is -1.78. The van der Waals surface area contributed by atoms with E-state index in [1.807, 2.05) is 30.3 Å². The van der Waals surface area contributed by atoms with Crippen LogP contribution >= 0.6 is 0 Å². The van der Waals surface area contributed by atoms with Crippen molar-refractivity contribution in [2.75, 3.05) is 0 Å². The minimum absolute atomic E-state index is 0.633. The highest BCUT2D eigenvalue weighted by Crippen LogP contribution is 2.24. The van der Waals surface area contributed by atoms with Crippen LogP contribution in [0.15, 0.2) is 53.5 Å². The molecule has 0 heterocycles. The first-order valence-corrected chi connectivity index (χ1v) is 5.04. The van der Waals surface area contributed by atoms with Gasteiger partial charge in [-0.1, -0.05) is 42.0 Å². The number of hydrogen-bond donors (Lipinski definition) is 0. The molecule has 0 saturated carbocycles. The van der Waals surface area contributed by atoms with E-state index < -0.39 is 0 Å². The van der Waals surface area contributed by atoms with Crippen molar-refractivity contribution < 1.29 is 4.79 Å². The number of rotatable bonds is 2. The van der Waals surface area contributed by atoms with E-state index in [1.54, 1.807) is 12.1 Å². The molecule has 2 aromatic carbocycles. The third-order valence-corrected chi connectivity index (χ3v) is 2.37. The summed E-state index contributed by atoms with van der Waals surface area (Å²) in [7, 11) is 0. The monoisotopic (exact) mass is 209 g/mol. The first-order valence-electron chi connectivity index (χ1n) is 5.04. The van der Waals surface area contributed by atoms with Gasteiger partial charge in [0, 0.05) is 0 Å². The molecule has 16 heavy (non-hydrogen) atoms. The van der Waals surface area contributed by atoms with Crippen LogP contribution in [-0.2, 0) is 4.79 Å². The number of aryl methyl sites for hydroxylation is 1. The molecule has 0 fully saturated rings. The fourth-order valence-electron chi connectivity index (χ4n) is 1.63. The molecule has 0 radical (unpaired) electrons. The highest BCUT2D eigenvalue weighted by Gasteiger charge is 1.98. The quantitative estimate of drug-likeness (QED) is 0.548. The van der Waals surface area contributed by atoms with E-state index in [9.17, 15) is 4.79 Å². The summed E-state index contributed by atoms with van der Waals surface area (Å²) >= 11 is 0. The van der Waals surface area contributed by atoms with Crippen LogP contribution in [0.2, 0.25) is 0 Å². The van der Waals surface area contributed by atoms with Crippen molar-refractivity contribution in [3.8, 4) is 11.1 Å². The minimum atomic E-state index is 0.633. The largest absolute Gasteiger partial charge is 0.240 e. The van der Waals surface area contributed by atoms with Crippen LogP contribution in [-0.4, -0.2) is 6.08 Å². The average molecular weight is 209 g/mol. The second kappa shape index (κ2) is 4.56. The van der Waals surface area contributed by atoms with Crippen molar-refractivity contribution in [3.63, 3.8) is 0 Å². The Hall–Kier alpha value is -2.18. The number of isocyanates is 1. The van der Waals surface area contributed by atoms with Gasteiger partial charge in [0.25, 0.3) is 0 Å². The Kier molecular flexibility index (Phi) is 2.95. The maximum Gasteiger partial charge on any atom is 0.240 e. The van der Waals surface area contributed by atoms with Crippen molar-refractivity contribution in [1.82, 2.24) is 0 Å². The number of aliphatic imine (C=N–C) groups is 1. The highest BCUT2D eigenvalue weighted by molar-refractivity contribution is 5.68. The molecule has 2 nitrogen and oxygen atoms in total. The van der Waals surface area contributed by atoms with E-state index in [0.717, 1.165) is 11.1 Å². The van der Waals surface area contributed by atoms with Gasteiger partial charge in [0.2, 0.25) is 6.08 Å². The summed E-state index contributed by atoms with van der Waals surface area (Å²) in [4.78, 5) is 13.8. The van der Waals surface area contributed by atoms with E-state index >= 15 is 0 Å². The second-order valence-corrected chi connectivity index (χ2v) is 3.62. The zero-order valence-corrected chi connectivity index (χ0v) is 8.97. The lowest BCUT2D eigenvalue weighted by Gasteiger charge is -2.03. The maximum atomic E-state index is 10.2. The topological polar surface area (TPSA) is 29.4 Å². The minimum Gasteiger partial charge on any atom is -0.211 e. The Balaban J connectivity index is 2.48. The molecule has 0 N–H and O–H groups in total. The first kappa shape index (κ1) is 10.3. The zero-order chi connectivity index (χ0) is 11.4. The van der Waals surface area contributed by atoms with Gasteiger partial charge in [-0.25, -0.2) is 4.79 Å². The van der Waals surface area contributed by atoms with E-state index in [1.165, 1.54) is 5.56 Å². The molecule has 0 unspecified atom stereocenters. The average Bonchev–Trinajstić information content (AvgIpc) is 2.30. The number of hydrogen-bond acceptors (Lipinski definition) is 2. The molecule has 0 saturated heterocycles.